The van der Waals surface area contributed by atoms with Gasteiger partial charge < -0.3 is 19.4 Å². The van der Waals surface area contributed by atoms with Crippen LogP contribution in [0.3, 0.4) is 0 Å². The topological polar surface area (TPSA) is 69.6 Å². The second-order valence-corrected chi connectivity index (χ2v) is 7.93. The van der Waals surface area contributed by atoms with Crippen LogP contribution in [0.5, 0.6) is 11.5 Å². The summed E-state index contributed by atoms with van der Waals surface area (Å²) in [4.78, 5) is 24.4. The first-order valence-electron chi connectivity index (χ1n) is 10.6. The van der Waals surface area contributed by atoms with Crippen LogP contribution in [0.1, 0.15) is 39.8 Å². The molecular formula is C26H30N2O4. The Balaban J connectivity index is 1.69. The van der Waals surface area contributed by atoms with Crippen molar-refractivity contribution in [2.75, 3.05) is 19.0 Å². The minimum atomic E-state index is -0.189. The second kappa shape index (κ2) is 10.2. The number of nitrogens with zero attached hydrogens (tertiary/aromatic N) is 1. The Kier molecular flexibility index (Phi) is 7.36. The molecule has 32 heavy (non-hydrogen) atoms. The van der Waals surface area contributed by atoms with E-state index in [2.05, 4.69) is 22.0 Å². The van der Waals surface area contributed by atoms with Crippen LogP contribution >= 0.6 is 0 Å². The number of nitrogens with one attached hydrogen (secondary N) is 1. The molecule has 0 aliphatic heterocycles. The Labute approximate surface area is 189 Å². The fourth-order valence-electron chi connectivity index (χ4n) is 3.72. The number of hydrogen-bond donors (Lipinski definition) is 1. The van der Waals surface area contributed by atoms with Gasteiger partial charge in [0, 0.05) is 30.4 Å². The molecule has 0 fully saturated rings. The predicted molar refractivity (Wildman–Crippen MR) is 126 cm³/mol. The molecular weight excluding hydrogens is 404 g/mol. The molecule has 0 aliphatic rings. The maximum Gasteiger partial charge on any atom is 0.221 e. The van der Waals surface area contributed by atoms with E-state index in [1.54, 1.807) is 13.2 Å². The molecule has 3 aromatic rings. The maximum atomic E-state index is 12.9. The predicted octanol–water partition coefficient (Wildman–Crippen LogP) is 4.88. The van der Waals surface area contributed by atoms with Crippen LogP contribution in [-0.4, -0.2) is 30.0 Å². The number of hydrogen-bond acceptors (Lipinski definition) is 4. The van der Waals surface area contributed by atoms with Gasteiger partial charge in [0.2, 0.25) is 11.7 Å². The number of rotatable bonds is 9. The van der Waals surface area contributed by atoms with Crippen LogP contribution in [0.4, 0.5) is 5.69 Å². The van der Waals surface area contributed by atoms with Crippen LogP contribution in [0.2, 0.25) is 0 Å². The summed E-state index contributed by atoms with van der Waals surface area (Å²) in [6.45, 7) is 8.03. The van der Waals surface area contributed by atoms with E-state index >= 15 is 0 Å². The SMILES string of the molecule is COc1ccc(CCn2c(C)cc(C(=O)COc3cc(C)ccc3NC(C)=O)c2C)cc1. The summed E-state index contributed by atoms with van der Waals surface area (Å²) in [5.74, 6) is 1.04. The Morgan fingerprint density at radius 2 is 1.72 bits per heavy atom. The summed E-state index contributed by atoms with van der Waals surface area (Å²) in [6, 6.07) is 15.4. The van der Waals surface area contributed by atoms with Crippen LogP contribution in [0.25, 0.3) is 0 Å². The van der Waals surface area contributed by atoms with Crippen LogP contribution in [0, 0.1) is 20.8 Å². The van der Waals surface area contributed by atoms with Crippen molar-refractivity contribution in [1.82, 2.24) is 4.57 Å². The molecule has 0 saturated carbocycles. The summed E-state index contributed by atoms with van der Waals surface area (Å²) in [6.07, 6.45) is 0.855. The van der Waals surface area contributed by atoms with Crippen molar-refractivity contribution in [3.8, 4) is 11.5 Å². The van der Waals surface area contributed by atoms with Crippen molar-refractivity contribution in [3.63, 3.8) is 0 Å². The molecule has 1 N–H and O–H groups in total. The number of ether oxygens (including phenoxy) is 2. The molecule has 0 spiro atoms. The average Bonchev–Trinajstić information content (AvgIpc) is 3.05. The number of ketones is 1. The minimum Gasteiger partial charge on any atom is -0.497 e. The van der Waals surface area contributed by atoms with E-state index in [0.29, 0.717) is 17.0 Å². The van der Waals surface area contributed by atoms with Gasteiger partial charge in [-0.1, -0.05) is 18.2 Å². The summed E-state index contributed by atoms with van der Waals surface area (Å²) >= 11 is 0. The van der Waals surface area contributed by atoms with Gasteiger partial charge in [0.05, 0.1) is 12.8 Å². The molecule has 1 aromatic heterocycles. The third-order valence-electron chi connectivity index (χ3n) is 5.46. The lowest BCUT2D eigenvalue weighted by molar-refractivity contribution is -0.114. The highest BCUT2D eigenvalue weighted by Crippen LogP contribution is 2.26. The zero-order chi connectivity index (χ0) is 23.3. The van der Waals surface area contributed by atoms with Crippen molar-refractivity contribution in [2.24, 2.45) is 0 Å². The van der Waals surface area contributed by atoms with Gasteiger partial charge in [-0.05, 0) is 68.7 Å². The molecule has 2 aromatic carbocycles. The zero-order valence-corrected chi connectivity index (χ0v) is 19.3. The maximum absolute atomic E-state index is 12.9. The lowest BCUT2D eigenvalue weighted by Gasteiger charge is -2.13. The third-order valence-corrected chi connectivity index (χ3v) is 5.46. The van der Waals surface area contributed by atoms with E-state index in [1.165, 1.54) is 12.5 Å². The zero-order valence-electron chi connectivity index (χ0n) is 19.3. The Morgan fingerprint density at radius 1 is 1.00 bits per heavy atom. The van der Waals surface area contributed by atoms with Gasteiger partial charge in [-0.25, -0.2) is 0 Å². The fraction of sp³-hybridized carbons (Fsp3) is 0.308. The van der Waals surface area contributed by atoms with Gasteiger partial charge in [0.25, 0.3) is 0 Å². The second-order valence-electron chi connectivity index (χ2n) is 7.93. The van der Waals surface area contributed by atoms with Crippen molar-refractivity contribution < 1.29 is 19.1 Å². The van der Waals surface area contributed by atoms with Gasteiger partial charge in [-0.2, -0.15) is 0 Å². The largest absolute Gasteiger partial charge is 0.497 e. The van der Waals surface area contributed by atoms with Crippen molar-refractivity contribution in [3.05, 3.63) is 76.6 Å². The summed E-state index contributed by atoms with van der Waals surface area (Å²) in [5, 5.41) is 2.74. The minimum absolute atomic E-state index is 0.0934. The van der Waals surface area contributed by atoms with Gasteiger partial charge >= 0.3 is 0 Å². The number of aryl methyl sites for hydroxylation is 3. The molecule has 0 unspecified atom stereocenters. The average molecular weight is 435 g/mol. The standard InChI is InChI=1S/C26H30N2O4/c1-17-6-11-24(27-20(4)29)26(14-17)32-16-25(30)23-15-18(2)28(19(23)3)13-12-21-7-9-22(31-5)10-8-21/h6-11,14-15H,12-13,16H2,1-5H3,(H,27,29). The monoisotopic (exact) mass is 434 g/mol. The number of carbonyl (C=O) groups excluding carboxylic acids is 2. The molecule has 168 valence electrons. The van der Waals surface area contributed by atoms with Crippen molar-refractivity contribution in [1.29, 1.82) is 0 Å². The highest BCUT2D eigenvalue weighted by molar-refractivity contribution is 5.99. The van der Waals surface area contributed by atoms with Crippen molar-refractivity contribution >= 4 is 17.4 Å². The highest BCUT2D eigenvalue weighted by Gasteiger charge is 2.17. The molecule has 6 heteroatoms. The first-order valence-corrected chi connectivity index (χ1v) is 10.6. The first-order chi connectivity index (χ1) is 15.3. The molecule has 0 saturated heterocycles. The highest BCUT2D eigenvalue weighted by atomic mass is 16.5. The molecule has 6 nitrogen and oxygen atoms in total. The van der Waals surface area contributed by atoms with Gasteiger partial charge in [-0.15, -0.1) is 0 Å². The van der Waals surface area contributed by atoms with Gasteiger partial charge in [0.1, 0.15) is 11.5 Å². The Morgan fingerprint density at radius 3 is 2.38 bits per heavy atom. The van der Waals surface area contributed by atoms with Crippen LogP contribution in [0.15, 0.2) is 48.5 Å². The molecule has 0 aliphatic carbocycles. The molecule has 0 bridgehead atoms. The summed E-state index contributed by atoms with van der Waals surface area (Å²) in [7, 11) is 1.66. The van der Waals surface area contributed by atoms with E-state index < -0.39 is 0 Å². The summed E-state index contributed by atoms with van der Waals surface area (Å²) < 4.78 is 13.2. The number of anilines is 1. The number of methoxy groups -OCH3 is 1. The smallest absolute Gasteiger partial charge is 0.221 e. The lowest BCUT2D eigenvalue weighted by atomic mass is 10.1. The van der Waals surface area contributed by atoms with E-state index in [1.807, 2.05) is 51.1 Å². The fourth-order valence-corrected chi connectivity index (χ4v) is 3.72. The number of amides is 1. The lowest BCUT2D eigenvalue weighted by Crippen LogP contribution is -2.15. The van der Waals surface area contributed by atoms with Crippen LogP contribution in [-0.2, 0) is 17.8 Å². The Hall–Kier alpha value is -3.54. The van der Waals surface area contributed by atoms with E-state index in [-0.39, 0.29) is 18.3 Å². The Bertz CT molecular complexity index is 1110. The quantitative estimate of drug-likeness (QED) is 0.487. The molecule has 3 rings (SSSR count). The third kappa shape index (κ3) is 5.58. The first kappa shape index (κ1) is 23.1. The summed E-state index contributed by atoms with van der Waals surface area (Å²) in [5.41, 5.74) is 5.37. The van der Waals surface area contributed by atoms with E-state index in [9.17, 15) is 9.59 Å². The number of benzene rings is 2. The van der Waals surface area contributed by atoms with Gasteiger partial charge in [-0.3, -0.25) is 9.59 Å². The molecule has 0 atom stereocenters. The van der Waals surface area contributed by atoms with E-state index in [4.69, 9.17) is 9.47 Å². The number of aromatic nitrogens is 1. The number of Topliss-reactive ketones (excluding diaryl/α,β-unsaturated/α-hetero) is 1. The molecule has 0 radical (unpaired) electrons. The number of carbonyl (C=O) groups is 2. The van der Waals surface area contributed by atoms with Crippen molar-refractivity contribution in [2.45, 2.75) is 40.7 Å². The normalized spacial score (nSPS) is 10.7. The molecule has 1 heterocycles. The van der Waals surface area contributed by atoms with Gasteiger partial charge in [0.15, 0.2) is 6.61 Å². The molecule has 1 amide bonds. The van der Waals surface area contributed by atoms with E-state index in [0.717, 1.165) is 35.7 Å². The van der Waals surface area contributed by atoms with Crippen LogP contribution < -0.4 is 14.8 Å².